The average Bonchev–Trinajstić information content (AvgIpc) is 2.88. The third-order valence-electron chi connectivity index (χ3n) is 3.17. The number of rotatable bonds is 4. The zero-order chi connectivity index (χ0) is 15.1. The predicted molar refractivity (Wildman–Crippen MR) is 81.1 cm³/mol. The Morgan fingerprint density at radius 1 is 1.57 bits per heavy atom. The van der Waals surface area contributed by atoms with Crippen molar-refractivity contribution in [1.82, 2.24) is 15.1 Å². The fourth-order valence-corrected chi connectivity index (χ4v) is 5.42. The molecular weight excluding hydrogens is 332 g/mol. The first kappa shape index (κ1) is 14.8. The minimum Gasteiger partial charge on any atom is -0.477 e. The molecular formula is C11H12N4O3S3. The molecule has 3 N–H and O–H groups in total. The summed E-state index contributed by atoms with van der Waals surface area (Å²) in [6, 6.07) is -0.593. The number of carboxylic acid groups (broad SMARTS) is 1. The highest BCUT2D eigenvalue weighted by atomic mass is 32.2. The second-order valence-electron chi connectivity index (χ2n) is 4.57. The maximum absolute atomic E-state index is 11.8. The summed E-state index contributed by atoms with van der Waals surface area (Å²) in [4.78, 5) is 24.6. The number of fused-ring (bicyclic) bond motifs is 1. The molecule has 21 heavy (non-hydrogen) atoms. The van der Waals surface area contributed by atoms with Crippen molar-refractivity contribution in [1.29, 1.82) is 0 Å². The lowest BCUT2D eigenvalue weighted by molar-refractivity contribution is -0.147. The van der Waals surface area contributed by atoms with Crippen LogP contribution in [0.25, 0.3) is 0 Å². The highest BCUT2D eigenvalue weighted by molar-refractivity contribution is 8.01. The van der Waals surface area contributed by atoms with Crippen LogP contribution in [-0.2, 0) is 9.59 Å². The van der Waals surface area contributed by atoms with E-state index in [0.29, 0.717) is 11.5 Å². The first-order chi connectivity index (χ1) is 9.99. The number of thioether (sulfide) groups is 2. The van der Waals surface area contributed by atoms with Gasteiger partial charge in [0.15, 0.2) is 4.34 Å². The Bertz CT molecular complexity index is 644. The molecule has 0 bridgehead atoms. The van der Waals surface area contributed by atoms with Gasteiger partial charge in [0.2, 0.25) is 5.91 Å². The first-order valence-electron chi connectivity index (χ1n) is 6.07. The molecule has 0 unspecified atom stereocenters. The molecule has 0 aliphatic carbocycles. The highest BCUT2D eigenvalue weighted by Gasteiger charge is 2.51. The van der Waals surface area contributed by atoms with Crippen molar-refractivity contribution in [3.63, 3.8) is 0 Å². The quantitative estimate of drug-likeness (QED) is 0.601. The SMILES string of the molecule is Cc1nnc(SCC2=C(C(=O)O)N3C(=O)[C@@H](N)[C@@H]3SC2)s1. The molecule has 1 saturated heterocycles. The van der Waals surface area contributed by atoms with Crippen LogP contribution < -0.4 is 5.73 Å². The van der Waals surface area contributed by atoms with E-state index < -0.39 is 12.0 Å². The summed E-state index contributed by atoms with van der Waals surface area (Å²) in [6.07, 6.45) is 0. The summed E-state index contributed by atoms with van der Waals surface area (Å²) >= 11 is 4.41. The van der Waals surface area contributed by atoms with Crippen molar-refractivity contribution in [3.05, 3.63) is 16.3 Å². The molecule has 0 saturated carbocycles. The number of β-lactam (4-membered cyclic amide) rings is 1. The Morgan fingerprint density at radius 2 is 2.33 bits per heavy atom. The Labute approximate surface area is 133 Å². The van der Waals surface area contributed by atoms with E-state index in [1.807, 2.05) is 6.92 Å². The molecule has 0 spiro atoms. The lowest BCUT2D eigenvalue weighted by Crippen LogP contribution is -2.68. The third-order valence-corrected chi connectivity index (χ3v) is 6.59. The van der Waals surface area contributed by atoms with Gasteiger partial charge in [-0.15, -0.1) is 22.0 Å². The van der Waals surface area contributed by atoms with Gasteiger partial charge in [-0.1, -0.05) is 23.1 Å². The average molecular weight is 344 g/mol. The summed E-state index contributed by atoms with van der Waals surface area (Å²) in [5.74, 6) is -0.354. The Balaban J connectivity index is 1.81. The first-order valence-corrected chi connectivity index (χ1v) is 8.92. The van der Waals surface area contributed by atoms with Gasteiger partial charge in [-0.2, -0.15) is 0 Å². The van der Waals surface area contributed by atoms with Crippen molar-refractivity contribution >= 4 is 46.7 Å². The number of hydrogen-bond donors (Lipinski definition) is 2. The fourth-order valence-electron chi connectivity index (χ4n) is 2.18. The number of nitrogens with zero attached hydrogens (tertiary/aromatic N) is 3. The molecule has 0 radical (unpaired) electrons. The second-order valence-corrected chi connectivity index (χ2v) is 8.08. The van der Waals surface area contributed by atoms with E-state index in [0.717, 1.165) is 14.9 Å². The number of carboxylic acids is 1. The number of carbonyl (C=O) groups excluding carboxylic acids is 1. The van der Waals surface area contributed by atoms with E-state index in [1.165, 1.54) is 39.8 Å². The van der Waals surface area contributed by atoms with Crippen molar-refractivity contribution in [2.75, 3.05) is 11.5 Å². The number of hydrogen-bond acceptors (Lipinski definition) is 8. The Morgan fingerprint density at radius 3 is 2.95 bits per heavy atom. The van der Waals surface area contributed by atoms with Gasteiger partial charge in [0.25, 0.3) is 0 Å². The number of aryl methyl sites for hydroxylation is 1. The smallest absolute Gasteiger partial charge is 0.352 e. The lowest BCUT2D eigenvalue weighted by atomic mass is 10.0. The number of aliphatic carboxylic acids is 1. The van der Waals surface area contributed by atoms with E-state index in [2.05, 4.69) is 10.2 Å². The molecule has 2 aliphatic rings. The van der Waals surface area contributed by atoms with Crippen LogP contribution in [0.2, 0.25) is 0 Å². The summed E-state index contributed by atoms with van der Waals surface area (Å²) < 4.78 is 0.795. The summed E-state index contributed by atoms with van der Waals surface area (Å²) in [5.41, 5.74) is 6.51. The summed E-state index contributed by atoms with van der Waals surface area (Å²) in [6.45, 7) is 1.87. The van der Waals surface area contributed by atoms with Crippen LogP contribution in [0, 0.1) is 6.92 Å². The molecule has 1 amide bonds. The van der Waals surface area contributed by atoms with Gasteiger partial charge in [-0.05, 0) is 12.5 Å². The topological polar surface area (TPSA) is 109 Å². The molecule has 1 aromatic rings. The molecule has 3 heterocycles. The van der Waals surface area contributed by atoms with Gasteiger partial charge < -0.3 is 10.8 Å². The minimum absolute atomic E-state index is 0.0826. The monoisotopic (exact) mass is 344 g/mol. The van der Waals surface area contributed by atoms with Crippen molar-refractivity contribution in [2.45, 2.75) is 22.7 Å². The van der Waals surface area contributed by atoms with E-state index in [-0.39, 0.29) is 17.0 Å². The van der Waals surface area contributed by atoms with Gasteiger partial charge in [-0.3, -0.25) is 9.69 Å². The van der Waals surface area contributed by atoms with Crippen molar-refractivity contribution < 1.29 is 14.7 Å². The number of aromatic nitrogens is 2. The molecule has 3 rings (SSSR count). The summed E-state index contributed by atoms with van der Waals surface area (Å²) in [7, 11) is 0. The van der Waals surface area contributed by atoms with Gasteiger partial charge in [0.1, 0.15) is 22.1 Å². The number of nitrogens with two attached hydrogens (primary N) is 1. The van der Waals surface area contributed by atoms with Crippen LogP contribution in [0.4, 0.5) is 0 Å². The van der Waals surface area contributed by atoms with Crippen molar-refractivity contribution in [2.24, 2.45) is 5.73 Å². The zero-order valence-electron chi connectivity index (χ0n) is 11.0. The molecule has 1 aromatic heterocycles. The van der Waals surface area contributed by atoms with E-state index >= 15 is 0 Å². The van der Waals surface area contributed by atoms with Crippen LogP contribution in [0.5, 0.6) is 0 Å². The molecule has 1 fully saturated rings. The van der Waals surface area contributed by atoms with Gasteiger partial charge in [0.05, 0.1) is 0 Å². The van der Waals surface area contributed by atoms with E-state index in [1.54, 1.807) is 0 Å². The number of amides is 1. The normalized spacial score (nSPS) is 24.9. The van der Waals surface area contributed by atoms with Gasteiger partial charge in [0, 0.05) is 11.5 Å². The Kier molecular flexibility index (Phi) is 3.95. The maximum atomic E-state index is 11.8. The van der Waals surface area contributed by atoms with E-state index in [9.17, 15) is 14.7 Å². The standard InChI is InChI=1S/C11H12N4O3S3/c1-4-13-14-11(21-4)20-3-5-2-19-9-6(12)8(16)15(9)7(5)10(17)18/h6,9H,2-3,12H2,1H3,(H,17,18)/t6-,9+/m1/s1. The second kappa shape index (κ2) is 5.59. The van der Waals surface area contributed by atoms with Crippen molar-refractivity contribution in [3.8, 4) is 0 Å². The van der Waals surface area contributed by atoms with Crippen LogP contribution in [0.3, 0.4) is 0 Å². The van der Waals surface area contributed by atoms with Crippen LogP contribution in [0.1, 0.15) is 5.01 Å². The molecule has 10 heteroatoms. The molecule has 2 atom stereocenters. The highest BCUT2D eigenvalue weighted by Crippen LogP contribution is 2.40. The van der Waals surface area contributed by atoms with Gasteiger partial charge >= 0.3 is 5.97 Å². The van der Waals surface area contributed by atoms with Crippen LogP contribution in [0.15, 0.2) is 15.6 Å². The fraction of sp³-hybridized carbons (Fsp3) is 0.455. The largest absolute Gasteiger partial charge is 0.477 e. The lowest BCUT2D eigenvalue weighted by Gasteiger charge is -2.48. The van der Waals surface area contributed by atoms with E-state index in [4.69, 9.17) is 5.73 Å². The molecule has 2 aliphatic heterocycles. The summed E-state index contributed by atoms with van der Waals surface area (Å²) in [5, 5.41) is 17.9. The zero-order valence-corrected chi connectivity index (χ0v) is 13.4. The predicted octanol–water partition coefficient (Wildman–Crippen LogP) is 0.520. The maximum Gasteiger partial charge on any atom is 0.352 e. The molecule has 0 aromatic carbocycles. The third kappa shape index (κ3) is 2.56. The molecule has 7 nitrogen and oxygen atoms in total. The Hall–Kier alpha value is -1.10. The molecule has 112 valence electrons. The number of carbonyl (C=O) groups is 2. The van der Waals surface area contributed by atoms with Crippen LogP contribution in [-0.4, -0.2) is 55.0 Å². The minimum atomic E-state index is -1.08. The van der Waals surface area contributed by atoms with Crippen LogP contribution >= 0.6 is 34.9 Å². The van der Waals surface area contributed by atoms with Gasteiger partial charge in [-0.25, -0.2) is 4.79 Å².